The molecule has 2 amide bonds. The number of carbonyl (C=O) groups excluding carboxylic acids is 2. The van der Waals surface area contributed by atoms with Crippen LogP contribution < -0.4 is 5.32 Å². The zero-order valence-corrected chi connectivity index (χ0v) is 14.2. The number of nitrogens with one attached hydrogen (secondary N) is 1. The quantitative estimate of drug-likeness (QED) is 0.922. The molecule has 0 spiro atoms. The minimum Gasteiger partial charge on any atom is -0.350 e. The van der Waals surface area contributed by atoms with Crippen molar-refractivity contribution in [3.05, 3.63) is 33.8 Å². The molecule has 0 unspecified atom stereocenters. The molecule has 0 radical (unpaired) electrons. The molecule has 0 atom stereocenters. The number of carbonyl (C=O) groups is 2. The second-order valence-electron chi connectivity index (χ2n) is 5.97. The monoisotopic (exact) mass is 330 g/mol. The van der Waals surface area contributed by atoms with Gasteiger partial charge < -0.3 is 10.2 Å². The number of nitrogens with zero attached hydrogens (tertiary/aromatic N) is 1. The van der Waals surface area contributed by atoms with E-state index in [2.05, 4.69) is 5.32 Å². The fourth-order valence-corrected chi connectivity index (χ4v) is 2.04. The highest BCUT2D eigenvalue weighted by atomic mass is 35.5. The molecule has 0 bridgehead atoms. The van der Waals surface area contributed by atoms with Crippen LogP contribution in [-0.4, -0.2) is 35.8 Å². The predicted molar refractivity (Wildman–Crippen MR) is 85.7 cm³/mol. The van der Waals surface area contributed by atoms with Crippen molar-refractivity contribution in [2.24, 2.45) is 0 Å². The highest BCUT2D eigenvalue weighted by Gasteiger charge is 2.18. The third kappa shape index (κ3) is 6.36. The maximum absolute atomic E-state index is 12.1. The Hall–Kier alpha value is -1.26. The molecule has 4 nitrogen and oxygen atoms in total. The molecule has 1 aromatic carbocycles. The molecule has 21 heavy (non-hydrogen) atoms. The summed E-state index contributed by atoms with van der Waals surface area (Å²) in [5.41, 5.74) is 0.447. The van der Waals surface area contributed by atoms with Gasteiger partial charge in [-0.25, -0.2) is 0 Å². The molecule has 0 aliphatic rings. The van der Waals surface area contributed by atoms with Gasteiger partial charge in [0.2, 0.25) is 11.8 Å². The lowest BCUT2D eigenvalue weighted by Gasteiger charge is -2.23. The first-order valence-corrected chi connectivity index (χ1v) is 7.33. The van der Waals surface area contributed by atoms with Crippen molar-refractivity contribution >= 4 is 35.0 Å². The van der Waals surface area contributed by atoms with Gasteiger partial charge in [-0.1, -0.05) is 29.3 Å². The van der Waals surface area contributed by atoms with Gasteiger partial charge in [0.15, 0.2) is 0 Å². The van der Waals surface area contributed by atoms with E-state index in [1.54, 1.807) is 25.2 Å². The average molecular weight is 331 g/mol. The highest BCUT2D eigenvalue weighted by molar-refractivity contribution is 6.42. The zero-order valence-electron chi connectivity index (χ0n) is 12.7. The summed E-state index contributed by atoms with van der Waals surface area (Å²) in [5, 5.41) is 3.68. The fourth-order valence-electron chi connectivity index (χ4n) is 1.72. The molecule has 0 aliphatic carbocycles. The van der Waals surface area contributed by atoms with Crippen LogP contribution in [-0.2, 0) is 16.0 Å². The van der Waals surface area contributed by atoms with Gasteiger partial charge in [-0.05, 0) is 38.5 Å². The molecule has 1 rings (SSSR count). The van der Waals surface area contributed by atoms with E-state index in [0.717, 1.165) is 5.56 Å². The van der Waals surface area contributed by atoms with E-state index in [9.17, 15) is 9.59 Å². The van der Waals surface area contributed by atoms with Gasteiger partial charge in [-0.15, -0.1) is 0 Å². The van der Waals surface area contributed by atoms with Crippen molar-refractivity contribution < 1.29 is 9.59 Å². The number of likely N-dealkylation sites (N-methyl/N-ethyl adjacent to an activating group) is 1. The van der Waals surface area contributed by atoms with E-state index in [1.807, 2.05) is 20.8 Å². The lowest BCUT2D eigenvalue weighted by Crippen LogP contribution is -2.46. The third-order valence-electron chi connectivity index (χ3n) is 2.66. The highest BCUT2D eigenvalue weighted by Crippen LogP contribution is 2.22. The molecule has 0 heterocycles. The Bertz CT molecular complexity index is 539. The smallest absolute Gasteiger partial charge is 0.240 e. The molecule has 6 heteroatoms. The van der Waals surface area contributed by atoms with E-state index >= 15 is 0 Å². The summed E-state index contributed by atoms with van der Waals surface area (Å²) in [4.78, 5) is 25.3. The molecule has 1 aromatic rings. The van der Waals surface area contributed by atoms with Crippen LogP contribution in [0, 0.1) is 0 Å². The molecule has 0 aliphatic heterocycles. The summed E-state index contributed by atoms with van der Waals surface area (Å²) in [6, 6.07) is 5.05. The van der Waals surface area contributed by atoms with Crippen LogP contribution in [0.2, 0.25) is 10.0 Å². The molecular formula is C15H20Cl2N2O2. The predicted octanol–water partition coefficient (Wildman–Crippen LogP) is 2.91. The Balaban J connectivity index is 2.58. The number of hydrogen-bond acceptors (Lipinski definition) is 2. The van der Waals surface area contributed by atoms with Gasteiger partial charge in [-0.2, -0.15) is 0 Å². The van der Waals surface area contributed by atoms with Crippen LogP contribution in [0.1, 0.15) is 26.3 Å². The Morgan fingerprint density at radius 3 is 2.33 bits per heavy atom. The lowest BCUT2D eigenvalue weighted by atomic mass is 10.1. The largest absolute Gasteiger partial charge is 0.350 e. The van der Waals surface area contributed by atoms with Crippen LogP contribution >= 0.6 is 23.2 Å². The van der Waals surface area contributed by atoms with Crippen molar-refractivity contribution in [1.82, 2.24) is 10.2 Å². The summed E-state index contributed by atoms with van der Waals surface area (Å²) < 4.78 is 0. The Morgan fingerprint density at radius 1 is 1.19 bits per heavy atom. The van der Waals surface area contributed by atoms with Crippen LogP contribution in [0.3, 0.4) is 0 Å². The first-order valence-electron chi connectivity index (χ1n) is 6.57. The van der Waals surface area contributed by atoms with Gasteiger partial charge in [0.05, 0.1) is 23.0 Å². The van der Waals surface area contributed by atoms with Gasteiger partial charge in [0.1, 0.15) is 0 Å². The lowest BCUT2D eigenvalue weighted by molar-refractivity contribution is -0.134. The Labute approximate surface area is 135 Å². The summed E-state index contributed by atoms with van der Waals surface area (Å²) in [5.74, 6) is -0.343. The van der Waals surface area contributed by atoms with Crippen molar-refractivity contribution in [2.75, 3.05) is 13.6 Å². The normalized spacial score (nSPS) is 11.1. The average Bonchev–Trinajstić information content (AvgIpc) is 2.31. The Kier molecular flexibility index (Phi) is 6.05. The van der Waals surface area contributed by atoms with Crippen molar-refractivity contribution in [2.45, 2.75) is 32.7 Å². The maximum Gasteiger partial charge on any atom is 0.240 e. The molecule has 0 aromatic heterocycles. The van der Waals surface area contributed by atoms with Crippen LogP contribution in [0.5, 0.6) is 0 Å². The topological polar surface area (TPSA) is 49.4 Å². The number of halogens is 2. The van der Waals surface area contributed by atoms with Gasteiger partial charge in [-0.3, -0.25) is 9.59 Å². The SMILES string of the molecule is CN(CC(=O)NC(C)(C)C)C(=O)Cc1ccc(Cl)c(Cl)c1. The molecule has 0 saturated heterocycles. The number of amides is 2. The van der Waals surface area contributed by atoms with Crippen LogP contribution in [0.15, 0.2) is 18.2 Å². The molecule has 0 fully saturated rings. The van der Waals surface area contributed by atoms with E-state index in [-0.39, 0.29) is 30.3 Å². The summed E-state index contributed by atoms with van der Waals surface area (Å²) in [7, 11) is 1.60. The van der Waals surface area contributed by atoms with E-state index in [4.69, 9.17) is 23.2 Å². The molecule has 0 saturated carbocycles. The van der Waals surface area contributed by atoms with Crippen molar-refractivity contribution in [1.29, 1.82) is 0 Å². The molecule has 116 valence electrons. The summed E-state index contributed by atoms with van der Waals surface area (Å²) >= 11 is 11.7. The fraction of sp³-hybridized carbons (Fsp3) is 0.467. The second-order valence-corrected chi connectivity index (χ2v) is 6.79. The van der Waals surface area contributed by atoms with Gasteiger partial charge >= 0.3 is 0 Å². The molecular weight excluding hydrogens is 311 g/mol. The summed E-state index contributed by atoms with van der Waals surface area (Å²) in [6.07, 6.45) is 0.177. The third-order valence-corrected chi connectivity index (χ3v) is 3.40. The minimum atomic E-state index is -0.315. The first kappa shape index (κ1) is 17.8. The van der Waals surface area contributed by atoms with Crippen LogP contribution in [0.4, 0.5) is 0 Å². The zero-order chi connectivity index (χ0) is 16.2. The number of hydrogen-bond donors (Lipinski definition) is 1. The van der Waals surface area contributed by atoms with Crippen LogP contribution in [0.25, 0.3) is 0 Å². The number of benzene rings is 1. The maximum atomic E-state index is 12.1. The van der Waals surface area contributed by atoms with E-state index in [0.29, 0.717) is 10.0 Å². The minimum absolute atomic E-state index is 0.0252. The van der Waals surface area contributed by atoms with Gasteiger partial charge in [0.25, 0.3) is 0 Å². The number of rotatable bonds is 4. The first-order chi connectivity index (χ1) is 9.58. The van der Waals surface area contributed by atoms with Gasteiger partial charge in [0, 0.05) is 12.6 Å². The standard InChI is InChI=1S/C15H20Cl2N2O2/c1-15(2,3)18-13(20)9-19(4)14(21)8-10-5-6-11(16)12(17)7-10/h5-7H,8-9H2,1-4H3,(H,18,20). The van der Waals surface area contributed by atoms with Crippen molar-refractivity contribution in [3.63, 3.8) is 0 Å². The molecule has 1 N–H and O–H groups in total. The second kappa shape index (κ2) is 7.14. The Morgan fingerprint density at radius 2 is 1.81 bits per heavy atom. The van der Waals surface area contributed by atoms with Crippen molar-refractivity contribution in [3.8, 4) is 0 Å². The van der Waals surface area contributed by atoms with E-state index < -0.39 is 0 Å². The summed E-state index contributed by atoms with van der Waals surface area (Å²) in [6.45, 7) is 5.70. The van der Waals surface area contributed by atoms with E-state index in [1.165, 1.54) is 4.90 Å².